The molecule has 0 aromatic heterocycles. The van der Waals surface area contributed by atoms with Crippen molar-refractivity contribution in [3.63, 3.8) is 0 Å². The van der Waals surface area contributed by atoms with E-state index in [0.29, 0.717) is 45.4 Å². The molecule has 0 aliphatic carbocycles. The fraction of sp³-hybridized carbons (Fsp3) is 0.812. The zero-order chi connectivity index (χ0) is 18.5. The Bertz CT molecular complexity index is 442. The average Bonchev–Trinajstić information content (AvgIpc) is 2.61. The van der Waals surface area contributed by atoms with Crippen LogP contribution in [0.3, 0.4) is 0 Å². The Labute approximate surface area is 172 Å². The second-order valence-corrected chi connectivity index (χ2v) is 5.64. The first-order chi connectivity index (χ1) is 12.1. The summed E-state index contributed by atoms with van der Waals surface area (Å²) in [7, 11) is 1.59. The molecule has 1 aliphatic rings. The van der Waals surface area contributed by atoms with Crippen LogP contribution < -0.4 is 16.0 Å². The van der Waals surface area contributed by atoms with Crippen LogP contribution >= 0.6 is 24.0 Å². The molecule has 0 saturated carbocycles. The Hall–Kier alpha value is -1.30. The number of methoxy groups -OCH3 is 1. The van der Waals surface area contributed by atoms with E-state index in [9.17, 15) is 9.59 Å². The summed E-state index contributed by atoms with van der Waals surface area (Å²) < 4.78 is 9.90. The minimum Gasteiger partial charge on any atom is -0.450 e. The maximum absolute atomic E-state index is 11.7. The minimum atomic E-state index is -0.255. The molecule has 0 aromatic carbocycles. The van der Waals surface area contributed by atoms with E-state index in [1.807, 2.05) is 6.92 Å². The predicted octanol–water partition coefficient (Wildman–Crippen LogP) is 0.543. The van der Waals surface area contributed by atoms with Crippen molar-refractivity contribution >= 4 is 41.9 Å². The smallest absolute Gasteiger partial charge is 0.409 e. The average molecular weight is 485 g/mol. The molecule has 152 valence electrons. The second kappa shape index (κ2) is 14.8. The van der Waals surface area contributed by atoms with Gasteiger partial charge in [-0.15, -0.1) is 24.0 Å². The number of carbonyl (C=O) groups excluding carboxylic acids is 2. The number of hydrogen-bond donors (Lipinski definition) is 3. The molecule has 0 aromatic rings. The van der Waals surface area contributed by atoms with Crippen molar-refractivity contribution < 1.29 is 19.1 Å². The van der Waals surface area contributed by atoms with Gasteiger partial charge in [-0.3, -0.25) is 4.79 Å². The molecule has 10 heteroatoms. The summed E-state index contributed by atoms with van der Waals surface area (Å²) in [5.41, 5.74) is 0. The number of rotatable bonds is 8. The molecule has 1 rings (SSSR count). The summed E-state index contributed by atoms with van der Waals surface area (Å²) in [5, 5.41) is 9.19. The van der Waals surface area contributed by atoms with E-state index < -0.39 is 0 Å². The van der Waals surface area contributed by atoms with Crippen LogP contribution in [0.15, 0.2) is 4.99 Å². The fourth-order valence-corrected chi connectivity index (χ4v) is 2.43. The highest BCUT2D eigenvalue weighted by Gasteiger charge is 2.24. The molecular formula is C16H32IN5O4. The summed E-state index contributed by atoms with van der Waals surface area (Å²) in [6, 6.07) is 0.208. The second-order valence-electron chi connectivity index (χ2n) is 5.64. The van der Waals surface area contributed by atoms with E-state index >= 15 is 0 Å². The highest BCUT2D eigenvalue weighted by molar-refractivity contribution is 14.0. The zero-order valence-corrected chi connectivity index (χ0v) is 18.2. The number of halogens is 1. The number of nitrogens with one attached hydrogen (secondary N) is 3. The van der Waals surface area contributed by atoms with Crippen LogP contribution in [0.25, 0.3) is 0 Å². The normalized spacial score (nSPS) is 15.0. The topological polar surface area (TPSA) is 104 Å². The summed E-state index contributed by atoms with van der Waals surface area (Å²) >= 11 is 0. The van der Waals surface area contributed by atoms with Gasteiger partial charge in [0.15, 0.2) is 5.96 Å². The molecule has 1 aliphatic heterocycles. The van der Waals surface area contributed by atoms with Crippen LogP contribution in [0.2, 0.25) is 0 Å². The number of likely N-dealkylation sites (tertiary alicyclic amines) is 1. The van der Waals surface area contributed by atoms with Crippen LogP contribution in [0.4, 0.5) is 4.79 Å². The van der Waals surface area contributed by atoms with E-state index in [0.717, 1.165) is 12.8 Å². The minimum absolute atomic E-state index is 0. The maximum atomic E-state index is 11.7. The summed E-state index contributed by atoms with van der Waals surface area (Å²) in [6.45, 7) is 7.17. The predicted molar refractivity (Wildman–Crippen MR) is 111 cm³/mol. The quantitative estimate of drug-likeness (QED) is 0.201. The maximum Gasteiger partial charge on any atom is 0.409 e. The first kappa shape index (κ1) is 24.7. The number of hydrogen-bond acceptors (Lipinski definition) is 5. The van der Waals surface area contributed by atoms with E-state index in [1.54, 1.807) is 18.9 Å². The third-order valence-electron chi connectivity index (χ3n) is 3.72. The molecule has 0 spiro atoms. The lowest BCUT2D eigenvalue weighted by Gasteiger charge is -2.32. The SMILES string of the molecule is CCNC(=NCC(=O)NCCOC)NC1CCN(C(=O)OCC)CC1.I. The summed E-state index contributed by atoms with van der Waals surface area (Å²) in [5.74, 6) is 0.463. The molecule has 1 saturated heterocycles. The number of piperidine rings is 1. The van der Waals surface area contributed by atoms with Gasteiger partial charge < -0.3 is 30.3 Å². The van der Waals surface area contributed by atoms with Crippen molar-refractivity contribution in [2.45, 2.75) is 32.7 Å². The van der Waals surface area contributed by atoms with Gasteiger partial charge in [0.25, 0.3) is 0 Å². The number of aliphatic imine (C=N–C) groups is 1. The Balaban J connectivity index is 0.00000625. The fourth-order valence-electron chi connectivity index (χ4n) is 2.43. The molecule has 0 bridgehead atoms. The highest BCUT2D eigenvalue weighted by atomic mass is 127. The van der Waals surface area contributed by atoms with Gasteiger partial charge in [-0.25, -0.2) is 9.79 Å². The lowest BCUT2D eigenvalue weighted by Crippen LogP contribution is -2.50. The lowest BCUT2D eigenvalue weighted by molar-refractivity contribution is -0.119. The van der Waals surface area contributed by atoms with Crippen molar-refractivity contribution in [3.8, 4) is 0 Å². The molecule has 1 fully saturated rings. The zero-order valence-electron chi connectivity index (χ0n) is 15.9. The van der Waals surface area contributed by atoms with E-state index in [-0.39, 0.29) is 48.6 Å². The van der Waals surface area contributed by atoms with E-state index in [4.69, 9.17) is 9.47 Å². The molecule has 26 heavy (non-hydrogen) atoms. The van der Waals surface area contributed by atoms with Gasteiger partial charge in [-0.2, -0.15) is 0 Å². The molecule has 0 unspecified atom stereocenters. The van der Waals surface area contributed by atoms with Gasteiger partial charge in [0, 0.05) is 39.3 Å². The molecule has 1 heterocycles. The van der Waals surface area contributed by atoms with E-state index in [2.05, 4.69) is 20.9 Å². The van der Waals surface area contributed by atoms with Crippen LogP contribution in [-0.4, -0.2) is 81.9 Å². The van der Waals surface area contributed by atoms with Gasteiger partial charge >= 0.3 is 6.09 Å². The Kier molecular flexibility index (Phi) is 14.1. The molecule has 9 nitrogen and oxygen atoms in total. The van der Waals surface area contributed by atoms with E-state index in [1.165, 1.54) is 0 Å². The lowest BCUT2D eigenvalue weighted by atomic mass is 10.1. The monoisotopic (exact) mass is 485 g/mol. The number of guanidine groups is 1. The Morgan fingerprint density at radius 2 is 1.88 bits per heavy atom. The number of nitrogens with zero attached hydrogens (tertiary/aromatic N) is 2. The van der Waals surface area contributed by atoms with Crippen molar-refractivity contribution in [1.29, 1.82) is 0 Å². The van der Waals surface area contributed by atoms with Crippen molar-refractivity contribution in [1.82, 2.24) is 20.9 Å². The number of amides is 2. The van der Waals surface area contributed by atoms with Gasteiger partial charge in [-0.1, -0.05) is 0 Å². The summed E-state index contributed by atoms with van der Waals surface area (Å²) in [6.07, 6.45) is 1.36. The molecule has 3 N–H and O–H groups in total. The van der Waals surface area contributed by atoms with Gasteiger partial charge in [-0.05, 0) is 26.7 Å². The molecule has 0 radical (unpaired) electrons. The standard InChI is InChI=1S/C16H31N5O4.HI/c1-4-17-15(19-12-14(22)18-8-11-24-3)20-13-6-9-21(10-7-13)16(23)25-5-2;/h13H,4-12H2,1-3H3,(H,18,22)(H2,17,19,20);1H. The first-order valence-corrected chi connectivity index (χ1v) is 8.82. The van der Waals surface area contributed by atoms with Crippen molar-refractivity contribution in [2.75, 3.05) is 53.0 Å². The number of ether oxygens (including phenoxy) is 2. The van der Waals surface area contributed by atoms with Gasteiger partial charge in [0.05, 0.1) is 13.2 Å². The van der Waals surface area contributed by atoms with Crippen LogP contribution in [0.5, 0.6) is 0 Å². The van der Waals surface area contributed by atoms with Crippen molar-refractivity contribution in [3.05, 3.63) is 0 Å². The van der Waals surface area contributed by atoms with Gasteiger partial charge in [0.2, 0.25) is 5.91 Å². The largest absolute Gasteiger partial charge is 0.450 e. The van der Waals surface area contributed by atoms with Gasteiger partial charge in [0.1, 0.15) is 6.54 Å². The summed E-state index contributed by atoms with van der Waals surface area (Å²) in [4.78, 5) is 29.4. The third-order valence-corrected chi connectivity index (χ3v) is 3.72. The van der Waals surface area contributed by atoms with Crippen LogP contribution in [0, 0.1) is 0 Å². The first-order valence-electron chi connectivity index (χ1n) is 8.82. The van der Waals surface area contributed by atoms with Crippen LogP contribution in [0.1, 0.15) is 26.7 Å². The third kappa shape index (κ3) is 10.00. The number of carbonyl (C=O) groups is 2. The molecule has 2 amide bonds. The van der Waals surface area contributed by atoms with Crippen molar-refractivity contribution in [2.24, 2.45) is 4.99 Å². The Morgan fingerprint density at radius 3 is 2.46 bits per heavy atom. The van der Waals surface area contributed by atoms with Crippen LogP contribution in [-0.2, 0) is 14.3 Å². The molecular weight excluding hydrogens is 453 g/mol. The Morgan fingerprint density at radius 1 is 1.19 bits per heavy atom. The highest BCUT2D eigenvalue weighted by Crippen LogP contribution is 2.11. The molecule has 0 atom stereocenters.